The third kappa shape index (κ3) is 3.16. The Morgan fingerprint density at radius 1 is 1.20 bits per heavy atom. The van der Waals surface area contributed by atoms with Crippen molar-refractivity contribution in [3.63, 3.8) is 0 Å². The SMILES string of the molecule is N#CCC1COC(CC2CCCCO2)O1. The Morgan fingerprint density at radius 2 is 2.13 bits per heavy atom. The van der Waals surface area contributed by atoms with E-state index in [4.69, 9.17) is 19.5 Å². The van der Waals surface area contributed by atoms with Gasteiger partial charge in [0.15, 0.2) is 6.29 Å². The molecule has 2 aliphatic heterocycles. The molecule has 0 N–H and O–H groups in total. The van der Waals surface area contributed by atoms with Crippen LogP contribution in [-0.2, 0) is 14.2 Å². The molecule has 2 aliphatic rings. The van der Waals surface area contributed by atoms with E-state index in [9.17, 15) is 0 Å². The van der Waals surface area contributed by atoms with Crippen molar-refractivity contribution in [2.75, 3.05) is 13.2 Å². The molecule has 0 bridgehead atoms. The zero-order chi connectivity index (χ0) is 10.5. The maximum atomic E-state index is 8.52. The fourth-order valence-electron chi connectivity index (χ4n) is 2.05. The van der Waals surface area contributed by atoms with Gasteiger partial charge in [0, 0.05) is 13.0 Å². The van der Waals surface area contributed by atoms with E-state index in [-0.39, 0.29) is 18.5 Å². The molecule has 2 rings (SSSR count). The first-order valence-corrected chi connectivity index (χ1v) is 5.64. The largest absolute Gasteiger partial charge is 0.378 e. The van der Waals surface area contributed by atoms with Crippen molar-refractivity contribution >= 4 is 0 Å². The second-order valence-electron chi connectivity index (χ2n) is 4.11. The van der Waals surface area contributed by atoms with Gasteiger partial charge in [0.05, 0.1) is 31.3 Å². The third-order valence-electron chi connectivity index (χ3n) is 2.86. The number of ether oxygens (including phenoxy) is 3. The van der Waals surface area contributed by atoms with Crippen molar-refractivity contribution in [1.29, 1.82) is 5.26 Å². The molecule has 3 atom stereocenters. The van der Waals surface area contributed by atoms with E-state index in [1.165, 1.54) is 12.8 Å². The van der Waals surface area contributed by atoms with Crippen molar-refractivity contribution in [2.24, 2.45) is 0 Å². The topological polar surface area (TPSA) is 51.5 Å². The zero-order valence-electron chi connectivity index (χ0n) is 8.85. The maximum Gasteiger partial charge on any atom is 0.160 e. The van der Waals surface area contributed by atoms with Crippen molar-refractivity contribution in [1.82, 2.24) is 0 Å². The Labute approximate surface area is 90.1 Å². The zero-order valence-corrected chi connectivity index (χ0v) is 8.85. The van der Waals surface area contributed by atoms with Gasteiger partial charge in [-0.05, 0) is 19.3 Å². The van der Waals surface area contributed by atoms with Crippen molar-refractivity contribution in [2.45, 2.75) is 50.6 Å². The highest BCUT2D eigenvalue weighted by Gasteiger charge is 2.29. The first-order valence-electron chi connectivity index (χ1n) is 5.64. The molecule has 15 heavy (non-hydrogen) atoms. The number of hydrogen-bond donors (Lipinski definition) is 0. The minimum Gasteiger partial charge on any atom is -0.378 e. The number of hydrogen-bond acceptors (Lipinski definition) is 4. The molecule has 2 heterocycles. The van der Waals surface area contributed by atoms with E-state index < -0.39 is 0 Å². The van der Waals surface area contributed by atoms with E-state index in [0.717, 1.165) is 19.4 Å². The fourth-order valence-corrected chi connectivity index (χ4v) is 2.05. The van der Waals surface area contributed by atoms with E-state index in [0.29, 0.717) is 13.0 Å². The van der Waals surface area contributed by atoms with Gasteiger partial charge in [-0.25, -0.2) is 0 Å². The van der Waals surface area contributed by atoms with Crippen LogP contribution in [0.25, 0.3) is 0 Å². The van der Waals surface area contributed by atoms with Crippen LogP contribution in [0.3, 0.4) is 0 Å². The lowest BCUT2D eigenvalue weighted by molar-refractivity contribution is -0.102. The molecule has 3 unspecified atom stereocenters. The summed E-state index contributed by atoms with van der Waals surface area (Å²) in [6.07, 6.45) is 4.81. The molecule has 0 amide bonds. The maximum absolute atomic E-state index is 8.52. The Bertz CT molecular complexity index is 232. The summed E-state index contributed by atoms with van der Waals surface area (Å²) >= 11 is 0. The average Bonchev–Trinajstić information content (AvgIpc) is 2.68. The van der Waals surface area contributed by atoms with Gasteiger partial charge < -0.3 is 14.2 Å². The van der Waals surface area contributed by atoms with Crippen LogP contribution in [-0.4, -0.2) is 31.7 Å². The predicted octanol–water partition coefficient (Wildman–Crippen LogP) is 1.60. The molecule has 2 saturated heterocycles. The van der Waals surface area contributed by atoms with Gasteiger partial charge in [0.25, 0.3) is 0 Å². The molecular weight excluding hydrogens is 194 g/mol. The monoisotopic (exact) mass is 211 g/mol. The molecule has 0 spiro atoms. The smallest absolute Gasteiger partial charge is 0.160 e. The second-order valence-corrected chi connectivity index (χ2v) is 4.11. The van der Waals surface area contributed by atoms with Gasteiger partial charge in [0.2, 0.25) is 0 Å². The number of rotatable bonds is 3. The summed E-state index contributed by atoms with van der Waals surface area (Å²) in [5, 5.41) is 8.52. The van der Waals surface area contributed by atoms with Crippen LogP contribution in [0, 0.1) is 11.3 Å². The van der Waals surface area contributed by atoms with Gasteiger partial charge in [-0.3, -0.25) is 0 Å². The van der Waals surface area contributed by atoms with Crippen LogP contribution in [0.5, 0.6) is 0 Å². The van der Waals surface area contributed by atoms with Crippen LogP contribution >= 0.6 is 0 Å². The van der Waals surface area contributed by atoms with Crippen LogP contribution in [0.15, 0.2) is 0 Å². The molecule has 0 radical (unpaired) electrons. The van der Waals surface area contributed by atoms with Gasteiger partial charge in [-0.15, -0.1) is 0 Å². The molecule has 4 heteroatoms. The molecule has 4 nitrogen and oxygen atoms in total. The Morgan fingerprint density at radius 3 is 2.87 bits per heavy atom. The van der Waals surface area contributed by atoms with E-state index in [2.05, 4.69) is 6.07 Å². The van der Waals surface area contributed by atoms with Crippen molar-refractivity contribution < 1.29 is 14.2 Å². The van der Waals surface area contributed by atoms with Gasteiger partial charge in [-0.2, -0.15) is 5.26 Å². The molecule has 0 aliphatic carbocycles. The first kappa shape index (κ1) is 10.9. The number of nitriles is 1. The summed E-state index contributed by atoms with van der Waals surface area (Å²) < 4.78 is 16.7. The first-order chi connectivity index (χ1) is 7.38. The molecule has 0 aromatic heterocycles. The van der Waals surface area contributed by atoms with Crippen molar-refractivity contribution in [3.05, 3.63) is 0 Å². The quantitative estimate of drug-likeness (QED) is 0.711. The highest BCUT2D eigenvalue weighted by molar-refractivity contribution is 4.80. The van der Waals surface area contributed by atoms with Crippen LogP contribution in [0.1, 0.15) is 32.1 Å². The van der Waals surface area contributed by atoms with Gasteiger partial charge in [0.1, 0.15) is 0 Å². The van der Waals surface area contributed by atoms with E-state index in [1.807, 2.05) is 0 Å². The average molecular weight is 211 g/mol. The fraction of sp³-hybridized carbons (Fsp3) is 0.909. The number of nitrogens with zero attached hydrogens (tertiary/aromatic N) is 1. The minimum absolute atomic E-state index is 0.0383. The summed E-state index contributed by atoms with van der Waals surface area (Å²) in [4.78, 5) is 0. The summed E-state index contributed by atoms with van der Waals surface area (Å²) in [5.41, 5.74) is 0. The lowest BCUT2D eigenvalue weighted by Gasteiger charge is -2.24. The van der Waals surface area contributed by atoms with Crippen molar-refractivity contribution in [3.8, 4) is 6.07 Å². The summed E-state index contributed by atoms with van der Waals surface area (Å²) in [7, 11) is 0. The van der Waals surface area contributed by atoms with Crippen LogP contribution in [0.4, 0.5) is 0 Å². The lowest BCUT2D eigenvalue weighted by atomic mass is 10.1. The van der Waals surface area contributed by atoms with E-state index in [1.54, 1.807) is 0 Å². The molecule has 0 aromatic rings. The second kappa shape index (κ2) is 5.45. The predicted molar refractivity (Wildman–Crippen MR) is 53.1 cm³/mol. The standard InChI is InChI=1S/C11H17NO3/c12-5-4-10-8-14-11(15-10)7-9-3-1-2-6-13-9/h9-11H,1-4,6-8H2. The summed E-state index contributed by atoms with van der Waals surface area (Å²) in [6, 6.07) is 2.10. The normalized spacial score (nSPS) is 36.3. The van der Waals surface area contributed by atoms with Crippen LogP contribution in [0.2, 0.25) is 0 Å². The van der Waals surface area contributed by atoms with Crippen LogP contribution < -0.4 is 0 Å². The van der Waals surface area contributed by atoms with E-state index >= 15 is 0 Å². The Kier molecular flexibility index (Phi) is 3.95. The molecule has 0 saturated carbocycles. The van der Waals surface area contributed by atoms with Gasteiger partial charge in [-0.1, -0.05) is 0 Å². The summed E-state index contributed by atoms with van der Waals surface area (Å²) in [6.45, 7) is 1.41. The molecule has 84 valence electrons. The Balaban J connectivity index is 1.69. The Hall–Kier alpha value is -0.630. The highest BCUT2D eigenvalue weighted by Crippen LogP contribution is 2.23. The lowest BCUT2D eigenvalue weighted by Crippen LogP contribution is -2.25. The highest BCUT2D eigenvalue weighted by atomic mass is 16.7. The summed E-state index contributed by atoms with van der Waals surface area (Å²) in [5.74, 6) is 0. The molecule has 2 fully saturated rings. The molecular formula is C11H17NO3. The minimum atomic E-state index is -0.161. The molecule has 0 aromatic carbocycles. The van der Waals surface area contributed by atoms with Gasteiger partial charge >= 0.3 is 0 Å². The third-order valence-corrected chi connectivity index (χ3v) is 2.86.